The van der Waals surface area contributed by atoms with Gasteiger partial charge in [-0.25, -0.2) is 0 Å². The highest BCUT2D eigenvalue weighted by molar-refractivity contribution is 6.20. The van der Waals surface area contributed by atoms with Crippen LogP contribution in [0.1, 0.15) is 13.3 Å². The molecule has 1 atom stereocenters. The van der Waals surface area contributed by atoms with Crippen molar-refractivity contribution in [3.05, 3.63) is 186 Å². The highest BCUT2D eigenvalue weighted by atomic mass is 15.1. The van der Waals surface area contributed by atoms with Crippen LogP contribution in [0.4, 0.5) is 0 Å². The predicted molar refractivity (Wildman–Crippen MR) is 215 cm³/mol. The molecule has 51 heavy (non-hydrogen) atoms. The van der Waals surface area contributed by atoms with Gasteiger partial charge >= 0.3 is 0 Å². The van der Waals surface area contributed by atoms with Crippen LogP contribution >= 0.6 is 0 Å². The molecular weight excluding hydrogens is 619 g/mol. The maximum Gasteiger partial charge on any atom is 0.133 e. The Hall–Kier alpha value is -6.45. The van der Waals surface area contributed by atoms with Gasteiger partial charge in [-0.1, -0.05) is 110 Å². The van der Waals surface area contributed by atoms with Crippen LogP contribution in [0.15, 0.2) is 191 Å². The smallest absolute Gasteiger partial charge is 0.133 e. The number of nitrogens with zero attached hydrogens (tertiary/aromatic N) is 3. The first-order valence-corrected chi connectivity index (χ1v) is 17.8. The molecule has 6 aromatic carbocycles. The summed E-state index contributed by atoms with van der Waals surface area (Å²) in [5.74, 6) is 0.999. The standard InChI is InChI=1S/C48H33N3/c1-3-34-29(2)39-28-46(49-42-18-11-17-37(34)47(39)42)51-43-19-10-9-16-36(43)40-26-31(22-25-45(40)51)32-21-24-44-41(27-32)38-23-20-30-12-7-8-15-35(30)48(38)50(44)33-13-5-4-6-14-33/h3-17,19-28,42H,1,18H2,2H3. The van der Waals surface area contributed by atoms with E-state index in [1.165, 1.54) is 99.1 Å². The quantitative estimate of drug-likeness (QED) is 0.181. The minimum absolute atomic E-state index is 0.116. The third kappa shape index (κ3) is 3.92. The summed E-state index contributed by atoms with van der Waals surface area (Å²) in [6.07, 6.45) is 9.75. The number of hydrogen-bond acceptors (Lipinski definition) is 1. The van der Waals surface area contributed by atoms with Gasteiger partial charge in [0.05, 0.1) is 28.1 Å². The summed E-state index contributed by atoms with van der Waals surface area (Å²) in [4.78, 5) is 5.41. The summed E-state index contributed by atoms with van der Waals surface area (Å²) < 4.78 is 4.80. The zero-order valence-corrected chi connectivity index (χ0v) is 28.3. The molecular formula is C48H33N3. The molecule has 3 heterocycles. The maximum absolute atomic E-state index is 5.41. The predicted octanol–water partition coefficient (Wildman–Crippen LogP) is 12.0. The number of rotatable bonds is 3. The van der Waals surface area contributed by atoms with Crippen molar-refractivity contribution in [2.75, 3.05) is 0 Å². The molecule has 3 nitrogen and oxygen atoms in total. The molecule has 0 radical (unpaired) electrons. The summed E-state index contributed by atoms with van der Waals surface area (Å²) >= 11 is 0. The van der Waals surface area contributed by atoms with E-state index in [0.717, 1.165) is 12.3 Å². The first-order chi connectivity index (χ1) is 25.2. The van der Waals surface area contributed by atoms with E-state index in [-0.39, 0.29) is 6.04 Å². The lowest BCUT2D eigenvalue weighted by Gasteiger charge is -2.25. The number of benzene rings is 6. The van der Waals surface area contributed by atoms with Crippen molar-refractivity contribution in [2.24, 2.45) is 4.99 Å². The molecule has 0 spiro atoms. The molecule has 0 amide bonds. The van der Waals surface area contributed by atoms with Crippen LogP contribution in [0.3, 0.4) is 0 Å². The van der Waals surface area contributed by atoms with Gasteiger partial charge in [0.1, 0.15) is 5.84 Å². The number of para-hydroxylation sites is 2. The molecule has 8 aromatic rings. The molecule has 0 N–H and O–H groups in total. The Bertz CT molecular complexity index is 3010. The maximum atomic E-state index is 5.41. The van der Waals surface area contributed by atoms with Crippen LogP contribution in [0, 0.1) is 0 Å². The molecule has 1 unspecified atom stereocenters. The summed E-state index contributed by atoms with van der Waals surface area (Å²) in [5, 5.41) is 7.50. The van der Waals surface area contributed by atoms with E-state index in [1.54, 1.807) is 0 Å². The number of fused-ring (bicyclic) bond motifs is 8. The Balaban J connectivity index is 1.11. The molecule has 3 heteroatoms. The van der Waals surface area contributed by atoms with Crippen molar-refractivity contribution < 1.29 is 0 Å². The lowest BCUT2D eigenvalue weighted by atomic mass is 9.88. The Morgan fingerprint density at radius 3 is 2.16 bits per heavy atom. The minimum atomic E-state index is 0.116. The fourth-order valence-corrected chi connectivity index (χ4v) is 9.03. The summed E-state index contributed by atoms with van der Waals surface area (Å²) in [6.45, 7) is 6.37. The van der Waals surface area contributed by atoms with Crippen LogP contribution in [0.5, 0.6) is 0 Å². The van der Waals surface area contributed by atoms with Crippen LogP contribution in [0.25, 0.3) is 71.2 Å². The number of hydrogen-bond donors (Lipinski definition) is 0. The van der Waals surface area contributed by atoms with E-state index in [2.05, 4.69) is 168 Å². The third-order valence-corrected chi connectivity index (χ3v) is 11.3. The first-order valence-electron chi connectivity index (χ1n) is 17.8. The fraction of sp³-hybridized carbons (Fsp3) is 0.0625. The van der Waals surface area contributed by atoms with Crippen LogP contribution < -0.4 is 0 Å². The number of aliphatic imine (C=N–C) groups is 1. The van der Waals surface area contributed by atoms with Crippen LogP contribution in [0.2, 0.25) is 0 Å². The Kier molecular flexibility index (Phi) is 5.86. The van der Waals surface area contributed by atoms with Gasteiger partial charge in [0.25, 0.3) is 0 Å². The Labute approximate surface area is 295 Å². The van der Waals surface area contributed by atoms with Crippen molar-refractivity contribution in [3.8, 4) is 16.8 Å². The van der Waals surface area contributed by atoms with Gasteiger partial charge in [0.15, 0.2) is 0 Å². The zero-order valence-electron chi connectivity index (χ0n) is 28.3. The largest absolute Gasteiger partial charge is 0.309 e. The van der Waals surface area contributed by atoms with E-state index in [1.807, 2.05) is 6.08 Å². The van der Waals surface area contributed by atoms with Gasteiger partial charge in [0, 0.05) is 32.6 Å². The number of dihydropyridines is 1. The van der Waals surface area contributed by atoms with Gasteiger partial charge in [-0.3, -0.25) is 9.56 Å². The zero-order chi connectivity index (χ0) is 33.8. The van der Waals surface area contributed by atoms with Crippen molar-refractivity contribution in [1.29, 1.82) is 0 Å². The third-order valence-electron chi connectivity index (χ3n) is 11.3. The van der Waals surface area contributed by atoms with E-state index >= 15 is 0 Å². The highest BCUT2D eigenvalue weighted by Crippen LogP contribution is 2.46. The molecule has 0 saturated heterocycles. The van der Waals surface area contributed by atoms with Crippen LogP contribution in [-0.4, -0.2) is 21.0 Å². The van der Waals surface area contributed by atoms with Crippen LogP contribution in [-0.2, 0) is 0 Å². The highest BCUT2D eigenvalue weighted by Gasteiger charge is 2.34. The second-order valence-corrected chi connectivity index (χ2v) is 13.9. The molecule has 2 aromatic heterocycles. The van der Waals surface area contributed by atoms with Crippen molar-refractivity contribution in [2.45, 2.75) is 19.4 Å². The average Bonchev–Trinajstić information content (AvgIpc) is 3.80. The monoisotopic (exact) mass is 651 g/mol. The van der Waals surface area contributed by atoms with E-state index < -0.39 is 0 Å². The average molecular weight is 652 g/mol. The van der Waals surface area contributed by atoms with Gasteiger partial charge in [-0.15, -0.1) is 0 Å². The second-order valence-electron chi connectivity index (χ2n) is 13.9. The van der Waals surface area contributed by atoms with E-state index in [4.69, 9.17) is 4.99 Å². The molecule has 240 valence electrons. The van der Waals surface area contributed by atoms with E-state index in [9.17, 15) is 0 Å². The van der Waals surface area contributed by atoms with Crippen molar-refractivity contribution in [3.63, 3.8) is 0 Å². The molecule has 0 fully saturated rings. The normalized spacial score (nSPS) is 16.9. The number of allylic oxidation sites excluding steroid dienone is 6. The molecule has 11 rings (SSSR count). The topological polar surface area (TPSA) is 22.2 Å². The SMILES string of the molecule is C=CC1=C(C)C2=CC(n3c4ccccc4c4cc(-c5ccc6c(c5)c5ccc7ccccc7c5n6-c5ccccc5)ccc43)=NC3CC=CC1=C23. The van der Waals surface area contributed by atoms with Gasteiger partial charge in [-0.2, -0.15) is 0 Å². The van der Waals surface area contributed by atoms with Gasteiger partial charge in [0.2, 0.25) is 0 Å². The molecule has 3 aliphatic rings. The summed E-state index contributed by atoms with van der Waals surface area (Å²) in [7, 11) is 0. The lowest BCUT2D eigenvalue weighted by molar-refractivity contribution is 0.772. The fourth-order valence-electron chi connectivity index (χ4n) is 9.03. The molecule has 2 aliphatic carbocycles. The van der Waals surface area contributed by atoms with Crippen molar-refractivity contribution in [1.82, 2.24) is 9.13 Å². The first kappa shape index (κ1) is 28.4. The summed E-state index contributed by atoms with van der Waals surface area (Å²) in [6, 6.07) is 46.8. The number of aromatic nitrogens is 2. The molecule has 0 saturated carbocycles. The Morgan fingerprint density at radius 1 is 0.667 bits per heavy atom. The minimum Gasteiger partial charge on any atom is -0.309 e. The molecule has 1 aliphatic heterocycles. The van der Waals surface area contributed by atoms with E-state index in [0.29, 0.717) is 0 Å². The molecule has 0 bridgehead atoms. The van der Waals surface area contributed by atoms with Gasteiger partial charge in [-0.05, 0) is 106 Å². The Morgan fingerprint density at radius 2 is 1.35 bits per heavy atom. The lowest BCUT2D eigenvalue weighted by Crippen LogP contribution is -2.23. The van der Waals surface area contributed by atoms with Crippen molar-refractivity contribution >= 4 is 60.2 Å². The summed E-state index contributed by atoms with van der Waals surface area (Å²) in [5.41, 5.74) is 14.9. The second kappa shape index (κ2) is 10.5. The van der Waals surface area contributed by atoms with Gasteiger partial charge < -0.3 is 4.57 Å².